The van der Waals surface area contributed by atoms with E-state index in [1.165, 1.54) is 0 Å². The molecule has 1 aromatic rings. The Kier molecular flexibility index (Phi) is 10.1. The molecule has 1 aliphatic rings. The van der Waals surface area contributed by atoms with E-state index in [2.05, 4.69) is 29.5 Å². The van der Waals surface area contributed by atoms with Gasteiger partial charge in [0.2, 0.25) is 0 Å². The van der Waals surface area contributed by atoms with Crippen LogP contribution in [0.25, 0.3) is 0 Å². The van der Waals surface area contributed by atoms with E-state index < -0.39 is 0 Å². The van der Waals surface area contributed by atoms with Gasteiger partial charge in [0.25, 0.3) is 0 Å². The maximum absolute atomic E-state index is 5.93. The molecule has 26 heavy (non-hydrogen) atoms. The number of halogens is 1. The van der Waals surface area contributed by atoms with Crippen LogP contribution in [0.5, 0.6) is 11.5 Å². The highest BCUT2D eigenvalue weighted by atomic mass is 127. The molecule has 0 saturated carbocycles. The van der Waals surface area contributed by atoms with Crippen LogP contribution in [0.15, 0.2) is 29.3 Å². The standard InChI is InChI=1S/C19H31N3O3.HI/c1-5-20-18(22-14-19(3)10-7-11-24-19)21-13-15(2)25-17-9-6-8-16(12-17)23-4;/h6,8-9,12,15H,5,7,10-11,13-14H2,1-4H3,(H2,20,21,22);1H. The van der Waals surface area contributed by atoms with Crippen molar-refractivity contribution in [2.45, 2.75) is 45.3 Å². The van der Waals surface area contributed by atoms with Gasteiger partial charge in [0.15, 0.2) is 5.96 Å². The van der Waals surface area contributed by atoms with Crippen molar-refractivity contribution < 1.29 is 14.2 Å². The van der Waals surface area contributed by atoms with E-state index >= 15 is 0 Å². The number of rotatable bonds is 8. The van der Waals surface area contributed by atoms with Crippen LogP contribution in [0.4, 0.5) is 0 Å². The van der Waals surface area contributed by atoms with Gasteiger partial charge in [-0.05, 0) is 45.7 Å². The molecule has 2 rings (SSSR count). The Hall–Kier alpha value is -1.22. The summed E-state index contributed by atoms with van der Waals surface area (Å²) in [5.74, 6) is 2.38. The highest BCUT2D eigenvalue weighted by molar-refractivity contribution is 14.0. The maximum atomic E-state index is 5.93. The molecular weight excluding hydrogens is 445 g/mol. The van der Waals surface area contributed by atoms with Crippen molar-refractivity contribution in [3.63, 3.8) is 0 Å². The third-order valence-corrected chi connectivity index (χ3v) is 4.15. The third-order valence-electron chi connectivity index (χ3n) is 4.15. The van der Waals surface area contributed by atoms with Gasteiger partial charge in [-0.2, -0.15) is 0 Å². The number of nitrogens with one attached hydrogen (secondary N) is 2. The molecule has 0 amide bonds. The summed E-state index contributed by atoms with van der Waals surface area (Å²) in [6.45, 7) is 9.17. The molecule has 6 nitrogen and oxygen atoms in total. The van der Waals surface area contributed by atoms with Crippen LogP contribution in [0.1, 0.15) is 33.6 Å². The molecule has 0 aliphatic carbocycles. The van der Waals surface area contributed by atoms with Gasteiger partial charge in [0.05, 0.1) is 25.8 Å². The second kappa shape index (κ2) is 11.5. The molecule has 2 atom stereocenters. The zero-order chi connectivity index (χ0) is 18.1. The normalized spacial score (nSPS) is 20.8. The molecule has 148 valence electrons. The van der Waals surface area contributed by atoms with Gasteiger partial charge in [-0.1, -0.05) is 6.07 Å². The van der Waals surface area contributed by atoms with Gasteiger partial charge < -0.3 is 24.8 Å². The van der Waals surface area contributed by atoms with Gasteiger partial charge in [0.1, 0.15) is 17.6 Å². The number of ether oxygens (including phenoxy) is 3. The monoisotopic (exact) mass is 477 g/mol. The summed E-state index contributed by atoms with van der Waals surface area (Å²) >= 11 is 0. The summed E-state index contributed by atoms with van der Waals surface area (Å²) in [7, 11) is 1.65. The molecule has 1 saturated heterocycles. The first-order valence-corrected chi connectivity index (χ1v) is 9.01. The zero-order valence-electron chi connectivity index (χ0n) is 16.2. The van der Waals surface area contributed by atoms with Gasteiger partial charge in [-0.3, -0.25) is 4.99 Å². The number of aliphatic imine (C=N–C) groups is 1. The highest BCUT2D eigenvalue weighted by Crippen LogP contribution is 2.25. The largest absolute Gasteiger partial charge is 0.497 e. The second-order valence-corrected chi connectivity index (χ2v) is 6.59. The van der Waals surface area contributed by atoms with Crippen LogP contribution >= 0.6 is 24.0 Å². The van der Waals surface area contributed by atoms with E-state index in [1.54, 1.807) is 7.11 Å². The number of hydrogen-bond acceptors (Lipinski definition) is 4. The molecule has 2 N–H and O–H groups in total. The summed E-state index contributed by atoms with van der Waals surface area (Å²) in [6.07, 6.45) is 2.17. The van der Waals surface area contributed by atoms with Crippen molar-refractivity contribution in [3.05, 3.63) is 24.3 Å². The van der Waals surface area contributed by atoms with Gasteiger partial charge in [-0.15, -0.1) is 24.0 Å². The minimum atomic E-state index is -0.134. The number of hydrogen-bond donors (Lipinski definition) is 2. The van der Waals surface area contributed by atoms with Crippen molar-refractivity contribution in [2.24, 2.45) is 4.99 Å². The molecule has 1 heterocycles. The third kappa shape index (κ3) is 7.57. The number of methoxy groups -OCH3 is 1. The molecule has 0 aromatic heterocycles. The lowest BCUT2D eigenvalue weighted by atomic mass is 10.0. The fourth-order valence-electron chi connectivity index (χ4n) is 2.74. The van der Waals surface area contributed by atoms with E-state index in [-0.39, 0.29) is 35.7 Å². The Morgan fingerprint density at radius 3 is 2.77 bits per heavy atom. The minimum Gasteiger partial charge on any atom is -0.497 e. The Balaban J connectivity index is 0.00000338. The van der Waals surface area contributed by atoms with E-state index in [0.717, 1.165) is 43.5 Å². The van der Waals surface area contributed by atoms with Gasteiger partial charge in [-0.25, -0.2) is 0 Å². The maximum Gasteiger partial charge on any atom is 0.191 e. The molecule has 0 spiro atoms. The first-order chi connectivity index (χ1) is 12.0. The molecule has 1 aromatic carbocycles. The average molecular weight is 477 g/mol. The minimum absolute atomic E-state index is 0. The first-order valence-electron chi connectivity index (χ1n) is 9.01. The Bertz CT molecular complexity index is 563. The Labute approximate surface area is 174 Å². The Morgan fingerprint density at radius 2 is 2.12 bits per heavy atom. The van der Waals surface area contributed by atoms with Crippen LogP contribution in [0, 0.1) is 0 Å². The van der Waals surface area contributed by atoms with Crippen molar-refractivity contribution >= 4 is 29.9 Å². The smallest absolute Gasteiger partial charge is 0.191 e. The second-order valence-electron chi connectivity index (χ2n) is 6.59. The number of guanidine groups is 1. The SMILES string of the molecule is CCNC(=NCC1(C)CCCO1)NCC(C)Oc1cccc(OC)c1.I. The number of benzene rings is 1. The summed E-state index contributed by atoms with van der Waals surface area (Å²) < 4.78 is 16.9. The predicted octanol–water partition coefficient (Wildman–Crippen LogP) is 3.20. The molecule has 7 heteroatoms. The van der Waals surface area contributed by atoms with Crippen LogP contribution in [-0.2, 0) is 4.74 Å². The Morgan fingerprint density at radius 1 is 1.35 bits per heavy atom. The van der Waals surface area contributed by atoms with Crippen molar-refractivity contribution in [1.29, 1.82) is 0 Å². The molecule has 1 fully saturated rings. The van der Waals surface area contributed by atoms with Crippen molar-refractivity contribution in [3.8, 4) is 11.5 Å². The first kappa shape index (κ1) is 22.8. The van der Waals surface area contributed by atoms with E-state index in [4.69, 9.17) is 14.2 Å². The van der Waals surface area contributed by atoms with Crippen LogP contribution in [0.3, 0.4) is 0 Å². The molecule has 2 unspecified atom stereocenters. The van der Waals surface area contributed by atoms with Crippen molar-refractivity contribution in [2.75, 3.05) is 33.4 Å². The summed E-state index contributed by atoms with van der Waals surface area (Å²) in [5, 5.41) is 6.61. The molecule has 0 bridgehead atoms. The van der Waals surface area contributed by atoms with Crippen LogP contribution < -0.4 is 20.1 Å². The molecule has 1 aliphatic heterocycles. The topological polar surface area (TPSA) is 64.1 Å². The zero-order valence-corrected chi connectivity index (χ0v) is 18.5. The van der Waals surface area contributed by atoms with Crippen LogP contribution in [0.2, 0.25) is 0 Å². The van der Waals surface area contributed by atoms with Gasteiger partial charge >= 0.3 is 0 Å². The quantitative estimate of drug-likeness (QED) is 0.342. The summed E-state index contributed by atoms with van der Waals surface area (Å²) in [5.41, 5.74) is -0.134. The number of nitrogens with zero attached hydrogens (tertiary/aromatic N) is 1. The predicted molar refractivity (Wildman–Crippen MR) is 116 cm³/mol. The van der Waals surface area contributed by atoms with Crippen molar-refractivity contribution in [1.82, 2.24) is 10.6 Å². The van der Waals surface area contributed by atoms with Crippen LogP contribution in [-0.4, -0.2) is 51.0 Å². The van der Waals surface area contributed by atoms with Gasteiger partial charge in [0, 0.05) is 19.2 Å². The van der Waals surface area contributed by atoms with E-state index in [9.17, 15) is 0 Å². The molecule has 0 radical (unpaired) electrons. The lowest BCUT2D eigenvalue weighted by Crippen LogP contribution is -2.43. The average Bonchev–Trinajstić information content (AvgIpc) is 3.04. The van der Waals surface area contributed by atoms with E-state index in [1.807, 2.05) is 31.2 Å². The lowest BCUT2D eigenvalue weighted by Gasteiger charge is -2.22. The fraction of sp³-hybridized carbons (Fsp3) is 0.632. The van der Waals surface area contributed by atoms with E-state index in [0.29, 0.717) is 13.1 Å². The highest BCUT2D eigenvalue weighted by Gasteiger charge is 2.29. The lowest BCUT2D eigenvalue weighted by molar-refractivity contribution is 0.0283. The molecular formula is C19H32IN3O3. The summed E-state index contributed by atoms with van der Waals surface area (Å²) in [6, 6.07) is 7.63. The fourth-order valence-corrected chi connectivity index (χ4v) is 2.74. The summed E-state index contributed by atoms with van der Waals surface area (Å²) in [4.78, 5) is 4.67.